The molecule has 0 saturated carbocycles. The first-order chi connectivity index (χ1) is 7.51. The van der Waals surface area contributed by atoms with Crippen LogP contribution in [-0.2, 0) is 0 Å². The Bertz CT molecular complexity index is 192. The van der Waals surface area contributed by atoms with E-state index in [0.717, 1.165) is 52.1 Å². The number of β-amino-alcohol motifs (C(OH)–C–C–N with tert-alkyl or cyclic N) is 1. The molecule has 0 aliphatic carbocycles. The van der Waals surface area contributed by atoms with Gasteiger partial charge in [0.1, 0.15) is 0 Å². The van der Waals surface area contributed by atoms with Gasteiger partial charge in [-0.15, -0.1) is 0 Å². The first-order valence-electron chi connectivity index (χ1n) is 6.29. The summed E-state index contributed by atoms with van der Waals surface area (Å²) in [4.78, 5) is 4.72. The Hall–Kier alpha value is -0.160. The normalized spacial score (nSPS) is 21.0. The SMILES string of the molecule is CC(C)(O)CCN1CCCN(CCO)CC1. The number of hydrogen-bond acceptors (Lipinski definition) is 4. The molecule has 0 spiro atoms. The van der Waals surface area contributed by atoms with Crippen LogP contribution in [0.3, 0.4) is 0 Å². The van der Waals surface area contributed by atoms with Crippen molar-refractivity contribution >= 4 is 0 Å². The topological polar surface area (TPSA) is 46.9 Å². The highest BCUT2D eigenvalue weighted by molar-refractivity contribution is 4.73. The van der Waals surface area contributed by atoms with Gasteiger partial charge in [0.25, 0.3) is 0 Å². The molecule has 16 heavy (non-hydrogen) atoms. The van der Waals surface area contributed by atoms with Gasteiger partial charge in [-0.3, -0.25) is 4.90 Å². The highest BCUT2D eigenvalue weighted by Gasteiger charge is 2.17. The van der Waals surface area contributed by atoms with Crippen LogP contribution in [0.5, 0.6) is 0 Å². The van der Waals surface area contributed by atoms with Crippen LogP contribution in [0.15, 0.2) is 0 Å². The molecule has 0 aromatic heterocycles. The smallest absolute Gasteiger partial charge is 0.0603 e. The minimum absolute atomic E-state index is 0.254. The van der Waals surface area contributed by atoms with Crippen molar-refractivity contribution < 1.29 is 10.2 Å². The average molecular weight is 230 g/mol. The molecule has 0 aromatic carbocycles. The maximum Gasteiger partial charge on any atom is 0.0603 e. The van der Waals surface area contributed by atoms with Crippen molar-refractivity contribution in [3.63, 3.8) is 0 Å². The van der Waals surface area contributed by atoms with E-state index in [2.05, 4.69) is 9.80 Å². The summed E-state index contributed by atoms with van der Waals surface area (Å²) in [6.07, 6.45) is 1.98. The molecule has 0 bridgehead atoms. The van der Waals surface area contributed by atoms with Gasteiger partial charge >= 0.3 is 0 Å². The zero-order valence-corrected chi connectivity index (χ0v) is 10.7. The van der Waals surface area contributed by atoms with Crippen molar-refractivity contribution in [1.29, 1.82) is 0 Å². The lowest BCUT2D eigenvalue weighted by atomic mass is 10.1. The zero-order valence-electron chi connectivity index (χ0n) is 10.7. The number of hydrogen-bond donors (Lipinski definition) is 2. The van der Waals surface area contributed by atoms with Crippen LogP contribution < -0.4 is 0 Å². The molecule has 0 radical (unpaired) electrons. The lowest BCUT2D eigenvalue weighted by molar-refractivity contribution is 0.0580. The number of aliphatic hydroxyl groups is 2. The highest BCUT2D eigenvalue weighted by atomic mass is 16.3. The van der Waals surface area contributed by atoms with Crippen molar-refractivity contribution in [3.8, 4) is 0 Å². The summed E-state index contributed by atoms with van der Waals surface area (Å²) in [5.74, 6) is 0. The predicted molar refractivity (Wildman–Crippen MR) is 65.5 cm³/mol. The molecule has 1 heterocycles. The first-order valence-corrected chi connectivity index (χ1v) is 6.29. The van der Waals surface area contributed by atoms with Crippen LogP contribution in [0.2, 0.25) is 0 Å². The molecule has 1 rings (SSSR count). The van der Waals surface area contributed by atoms with Crippen molar-refractivity contribution in [3.05, 3.63) is 0 Å². The van der Waals surface area contributed by atoms with E-state index in [0.29, 0.717) is 0 Å². The minimum atomic E-state index is -0.558. The van der Waals surface area contributed by atoms with Crippen molar-refractivity contribution in [2.45, 2.75) is 32.3 Å². The summed E-state index contributed by atoms with van der Waals surface area (Å²) in [5.41, 5.74) is -0.558. The van der Waals surface area contributed by atoms with E-state index >= 15 is 0 Å². The molecule has 1 fully saturated rings. The molecular weight excluding hydrogens is 204 g/mol. The Morgan fingerprint density at radius 1 is 1.00 bits per heavy atom. The number of nitrogens with zero attached hydrogens (tertiary/aromatic N) is 2. The second-order valence-electron chi connectivity index (χ2n) is 5.32. The van der Waals surface area contributed by atoms with E-state index in [1.165, 1.54) is 0 Å². The van der Waals surface area contributed by atoms with E-state index < -0.39 is 5.60 Å². The Balaban J connectivity index is 2.25. The van der Waals surface area contributed by atoms with E-state index in [9.17, 15) is 5.11 Å². The van der Waals surface area contributed by atoms with Crippen LogP contribution in [0.1, 0.15) is 26.7 Å². The molecule has 1 aliphatic heterocycles. The van der Waals surface area contributed by atoms with E-state index in [1.807, 2.05) is 13.8 Å². The predicted octanol–water partition coefficient (Wildman–Crippen LogP) is 0.147. The third kappa shape index (κ3) is 5.80. The van der Waals surface area contributed by atoms with Gasteiger partial charge in [-0.05, 0) is 39.8 Å². The van der Waals surface area contributed by atoms with Crippen LogP contribution >= 0.6 is 0 Å². The summed E-state index contributed by atoms with van der Waals surface area (Å²) in [5, 5.41) is 18.6. The first kappa shape index (κ1) is 13.9. The summed E-state index contributed by atoms with van der Waals surface area (Å²) in [6, 6.07) is 0. The Labute approximate surface area is 98.9 Å². The van der Waals surface area contributed by atoms with Gasteiger partial charge in [0.15, 0.2) is 0 Å². The van der Waals surface area contributed by atoms with Gasteiger partial charge in [-0.1, -0.05) is 0 Å². The van der Waals surface area contributed by atoms with Crippen LogP contribution in [0, 0.1) is 0 Å². The summed E-state index contributed by atoms with van der Waals surface area (Å²) in [6.45, 7) is 10.0. The molecular formula is C12H26N2O2. The van der Waals surface area contributed by atoms with Gasteiger partial charge in [0, 0.05) is 26.2 Å². The minimum Gasteiger partial charge on any atom is -0.395 e. The van der Waals surface area contributed by atoms with E-state index in [4.69, 9.17) is 5.11 Å². The quantitative estimate of drug-likeness (QED) is 0.706. The van der Waals surface area contributed by atoms with Crippen molar-refractivity contribution in [1.82, 2.24) is 9.80 Å². The molecule has 0 aromatic rings. The van der Waals surface area contributed by atoms with Crippen molar-refractivity contribution in [2.24, 2.45) is 0 Å². The third-order valence-electron chi connectivity index (χ3n) is 3.14. The van der Waals surface area contributed by atoms with Crippen LogP contribution in [0.4, 0.5) is 0 Å². The Morgan fingerprint density at radius 3 is 2.06 bits per heavy atom. The summed E-state index contributed by atoms with van der Waals surface area (Å²) in [7, 11) is 0. The van der Waals surface area contributed by atoms with Gasteiger partial charge in [0.2, 0.25) is 0 Å². The van der Waals surface area contributed by atoms with Crippen molar-refractivity contribution in [2.75, 3.05) is 45.9 Å². The van der Waals surface area contributed by atoms with Gasteiger partial charge in [-0.25, -0.2) is 0 Å². The maximum atomic E-state index is 9.68. The molecule has 1 aliphatic rings. The Kier molecular flexibility index (Phi) is 5.69. The molecule has 4 heteroatoms. The lowest BCUT2D eigenvalue weighted by Gasteiger charge is -2.25. The zero-order chi connectivity index (χ0) is 12.0. The molecule has 0 amide bonds. The lowest BCUT2D eigenvalue weighted by Crippen LogP contribution is -2.35. The molecule has 0 atom stereocenters. The van der Waals surface area contributed by atoms with Gasteiger partial charge < -0.3 is 15.1 Å². The van der Waals surface area contributed by atoms with Crippen LogP contribution in [-0.4, -0.2) is 71.5 Å². The summed E-state index contributed by atoms with van der Waals surface area (Å²) >= 11 is 0. The standard InChI is InChI=1S/C12H26N2O2/c1-12(2,16)4-7-13-5-3-6-14(9-8-13)10-11-15/h15-16H,3-11H2,1-2H3. The fourth-order valence-corrected chi connectivity index (χ4v) is 2.04. The molecule has 1 saturated heterocycles. The van der Waals surface area contributed by atoms with Gasteiger partial charge in [-0.2, -0.15) is 0 Å². The monoisotopic (exact) mass is 230 g/mol. The average Bonchev–Trinajstić information content (AvgIpc) is 2.40. The second kappa shape index (κ2) is 6.55. The molecule has 96 valence electrons. The third-order valence-corrected chi connectivity index (χ3v) is 3.14. The van der Waals surface area contributed by atoms with E-state index in [1.54, 1.807) is 0 Å². The fourth-order valence-electron chi connectivity index (χ4n) is 2.04. The maximum absolute atomic E-state index is 9.68. The number of rotatable bonds is 5. The Morgan fingerprint density at radius 2 is 1.56 bits per heavy atom. The van der Waals surface area contributed by atoms with Crippen LogP contribution in [0.25, 0.3) is 0 Å². The van der Waals surface area contributed by atoms with E-state index in [-0.39, 0.29) is 6.61 Å². The second-order valence-corrected chi connectivity index (χ2v) is 5.32. The molecule has 2 N–H and O–H groups in total. The molecule has 0 unspecified atom stereocenters. The molecule has 4 nitrogen and oxygen atoms in total. The fraction of sp³-hybridized carbons (Fsp3) is 1.00. The highest BCUT2D eigenvalue weighted by Crippen LogP contribution is 2.10. The summed E-state index contributed by atoms with van der Waals surface area (Å²) < 4.78 is 0. The number of aliphatic hydroxyl groups excluding tert-OH is 1. The largest absolute Gasteiger partial charge is 0.395 e. The van der Waals surface area contributed by atoms with Gasteiger partial charge in [0.05, 0.1) is 12.2 Å².